The second-order valence-corrected chi connectivity index (χ2v) is 6.68. The van der Waals surface area contributed by atoms with Crippen LogP contribution in [0.2, 0.25) is 0 Å². The van der Waals surface area contributed by atoms with Gasteiger partial charge in [0.2, 0.25) is 0 Å². The molecule has 27 heavy (non-hydrogen) atoms. The third-order valence-electron chi connectivity index (χ3n) is 4.85. The Kier molecular flexibility index (Phi) is 5.77. The summed E-state index contributed by atoms with van der Waals surface area (Å²) in [6.45, 7) is 0.399. The molecule has 0 saturated carbocycles. The molecule has 1 aliphatic rings. The van der Waals surface area contributed by atoms with Gasteiger partial charge in [0.1, 0.15) is 23.1 Å². The highest BCUT2D eigenvalue weighted by Crippen LogP contribution is 2.32. The normalized spacial score (nSPS) is 13.5. The van der Waals surface area contributed by atoms with Crippen LogP contribution in [0.1, 0.15) is 35.1 Å². The number of amides is 1. The van der Waals surface area contributed by atoms with E-state index in [1.54, 1.807) is 42.5 Å². The summed E-state index contributed by atoms with van der Waals surface area (Å²) in [5.41, 5.74) is 3.83. The van der Waals surface area contributed by atoms with Crippen LogP contribution in [0, 0.1) is 11.3 Å². The number of phenolic OH excluding ortho intramolecular Hbond substituents is 2. The van der Waals surface area contributed by atoms with Gasteiger partial charge in [-0.05, 0) is 78.6 Å². The third kappa shape index (κ3) is 4.48. The number of fused-ring (bicyclic) bond motifs is 1. The van der Waals surface area contributed by atoms with Gasteiger partial charge < -0.3 is 15.5 Å². The molecule has 5 nitrogen and oxygen atoms in total. The molecule has 0 saturated heterocycles. The maximum absolute atomic E-state index is 12.4. The van der Waals surface area contributed by atoms with Crippen LogP contribution in [0.15, 0.2) is 42.0 Å². The van der Waals surface area contributed by atoms with E-state index in [2.05, 4.69) is 5.32 Å². The molecular formula is C22H22N2O3. The number of nitrogens with one attached hydrogen (secondary N) is 1. The number of nitrogens with zero attached hydrogens (tertiary/aromatic N) is 1. The van der Waals surface area contributed by atoms with E-state index < -0.39 is 5.91 Å². The molecule has 0 atom stereocenters. The minimum Gasteiger partial charge on any atom is -0.508 e. The van der Waals surface area contributed by atoms with Crippen molar-refractivity contribution in [3.05, 3.63) is 64.2 Å². The molecule has 0 fully saturated rings. The van der Waals surface area contributed by atoms with Crippen LogP contribution in [0.5, 0.6) is 11.5 Å². The zero-order valence-electron chi connectivity index (χ0n) is 15.0. The second kappa shape index (κ2) is 8.41. The Labute approximate surface area is 158 Å². The molecule has 3 N–H and O–H groups in total. The van der Waals surface area contributed by atoms with Crippen LogP contribution in [-0.2, 0) is 24.1 Å². The lowest BCUT2D eigenvalue weighted by atomic mass is 9.87. The van der Waals surface area contributed by atoms with Crippen LogP contribution < -0.4 is 5.32 Å². The number of nitriles is 1. The Bertz CT molecular complexity index is 908. The van der Waals surface area contributed by atoms with Crippen LogP contribution in [0.4, 0.5) is 0 Å². The minimum atomic E-state index is -0.408. The largest absolute Gasteiger partial charge is 0.508 e. The van der Waals surface area contributed by atoms with Gasteiger partial charge in [0.15, 0.2) is 0 Å². The Hall–Kier alpha value is -3.26. The number of rotatable bonds is 5. The highest BCUT2D eigenvalue weighted by atomic mass is 16.3. The maximum Gasteiger partial charge on any atom is 0.261 e. The number of carbonyl (C=O) groups excluding carboxylic acids is 1. The average Bonchev–Trinajstić information content (AvgIpc) is 2.69. The average molecular weight is 362 g/mol. The Morgan fingerprint density at radius 2 is 1.78 bits per heavy atom. The summed E-state index contributed by atoms with van der Waals surface area (Å²) in [5.74, 6) is 0.0855. The molecule has 0 aromatic heterocycles. The smallest absolute Gasteiger partial charge is 0.261 e. The minimum absolute atomic E-state index is 0.0548. The van der Waals surface area contributed by atoms with Crippen molar-refractivity contribution in [1.82, 2.24) is 5.32 Å². The standard InChI is InChI=1S/C22H22N2O3/c23-14-17(22(27)24-12-11-15-5-8-18(25)9-6-15)13-16-7-10-21(26)20-4-2-1-3-19(16)20/h5-10,13,25-26H,1-4,11-12H2,(H,24,27). The van der Waals surface area contributed by atoms with Crippen molar-refractivity contribution in [2.75, 3.05) is 6.54 Å². The second-order valence-electron chi connectivity index (χ2n) is 6.68. The van der Waals surface area contributed by atoms with E-state index in [-0.39, 0.29) is 11.3 Å². The molecule has 5 heteroatoms. The van der Waals surface area contributed by atoms with Gasteiger partial charge in [0, 0.05) is 6.54 Å². The lowest BCUT2D eigenvalue weighted by Crippen LogP contribution is -2.26. The van der Waals surface area contributed by atoms with E-state index in [1.807, 2.05) is 6.07 Å². The molecule has 2 aromatic carbocycles. The Morgan fingerprint density at radius 1 is 1.07 bits per heavy atom. The van der Waals surface area contributed by atoms with E-state index in [4.69, 9.17) is 0 Å². The SMILES string of the molecule is N#CC(=Cc1ccc(O)c2c1CCCC2)C(=O)NCCc1ccc(O)cc1. The fourth-order valence-electron chi connectivity index (χ4n) is 3.39. The zero-order valence-corrected chi connectivity index (χ0v) is 15.0. The quantitative estimate of drug-likeness (QED) is 0.562. The van der Waals surface area contributed by atoms with Gasteiger partial charge in [-0.2, -0.15) is 5.26 Å². The van der Waals surface area contributed by atoms with Crippen LogP contribution in [0.25, 0.3) is 6.08 Å². The van der Waals surface area contributed by atoms with Crippen molar-refractivity contribution in [2.45, 2.75) is 32.1 Å². The van der Waals surface area contributed by atoms with Gasteiger partial charge in [0.05, 0.1) is 0 Å². The van der Waals surface area contributed by atoms with Gasteiger partial charge >= 0.3 is 0 Å². The van der Waals surface area contributed by atoms with E-state index in [9.17, 15) is 20.3 Å². The number of hydrogen-bond donors (Lipinski definition) is 3. The summed E-state index contributed by atoms with van der Waals surface area (Å²) >= 11 is 0. The number of carbonyl (C=O) groups is 1. The lowest BCUT2D eigenvalue weighted by molar-refractivity contribution is -0.117. The predicted octanol–water partition coefficient (Wildman–Crippen LogP) is 3.24. The van der Waals surface area contributed by atoms with E-state index >= 15 is 0 Å². The van der Waals surface area contributed by atoms with Gasteiger partial charge in [-0.3, -0.25) is 4.79 Å². The number of benzene rings is 2. The van der Waals surface area contributed by atoms with Crippen molar-refractivity contribution < 1.29 is 15.0 Å². The molecule has 3 rings (SSSR count). The maximum atomic E-state index is 12.4. The van der Waals surface area contributed by atoms with Gasteiger partial charge in [-0.15, -0.1) is 0 Å². The zero-order chi connectivity index (χ0) is 19.2. The molecule has 1 aliphatic carbocycles. The Balaban J connectivity index is 1.70. The molecule has 0 radical (unpaired) electrons. The van der Waals surface area contributed by atoms with E-state index in [0.717, 1.165) is 47.9 Å². The molecule has 0 heterocycles. The Morgan fingerprint density at radius 3 is 2.48 bits per heavy atom. The first-order valence-corrected chi connectivity index (χ1v) is 9.10. The van der Waals surface area contributed by atoms with Crippen molar-refractivity contribution in [3.8, 4) is 17.6 Å². The first-order valence-electron chi connectivity index (χ1n) is 9.10. The number of aromatic hydroxyl groups is 2. The van der Waals surface area contributed by atoms with Gasteiger partial charge in [-0.1, -0.05) is 18.2 Å². The first kappa shape index (κ1) is 18.5. The van der Waals surface area contributed by atoms with E-state index in [0.29, 0.717) is 18.7 Å². The molecule has 0 aliphatic heterocycles. The third-order valence-corrected chi connectivity index (χ3v) is 4.85. The monoisotopic (exact) mass is 362 g/mol. The van der Waals surface area contributed by atoms with Crippen molar-refractivity contribution in [3.63, 3.8) is 0 Å². The summed E-state index contributed by atoms with van der Waals surface area (Å²) in [7, 11) is 0. The van der Waals surface area contributed by atoms with Crippen molar-refractivity contribution in [1.29, 1.82) is 5.26 Å². The summed E-state index contributed by atoms with van der Waals surface area (Å²) in [4.78, 5) is 12.4. The molecule has 0 bridgehead atoms. The molecule has 0 spiro atoms. The summed E-state index contributed by atoms with van der Waals surface area (Å²) in [6.07, 6.45) is 5.97. The number of hydrogen-bond acceptors (Lipinski definition) is 4. The molecule has 138 valence electrons. The summed E-state index contributed by atoms with van der Waals surface area (Å²) in [6, 6.07) is 12.2. The van der Waals surface area contributed by atoms with E-state index in [1.165, 1.54) is 0 Å². The molecular weight excluding hydrogens is 340 g/mol. The predicted molar refractivity (Wildman–Crippen MR) is 103 cm³/mol. The molecule has 1 amide bonds. The highest BCUT2D eigenvalue weighted by molar-refractivity contribution is 6.01. The van der Waals surface area contributed by atoms with Gasteiger partial charge in [-0.25, -0.2) is 0 Å². The highest BCUT2D eigenvalue weighted by Gasteiger charge is 2.17. The van der Waals surface area contributed by atoms with Gasteiger partial charge in [0.25, 0.3) is 5.91 Å². The fraction of sp³-hybridized carbons (Fsp3) is 0.273. The molecule has 2 aromatic rings. The van der Waals surface area contributed by atoms with Crippen LogP contribution in [-0.4, -0.2) is 22.7 Å². The fourth-order valence-corrected chi connectivity index (χ4v) is 3.39. The van der Waals surface area contributed by atoms with Crippen LogP contribution >= 0.6 is 0 Å². The summed E-state index contributed by atoms with van der Waals surface area (Å²) < 4.78 is 0. The van der Waals surface area contributed by atoms with Crippen LogP contribution in [0.3, 0.4) is 0 Å². The topological polar surface area (TPSA) is 93.3 Å². The number of phenols is 2. The molecule has 0 unspecified atom stereocenters. The van der Waals surface area contributed by atoms with Crippen molar-refractivity contribution >= 4 is 12.0 Å². The first-order chi connectivity index (χ1) is 13.1. The van der Waals surface area contributed by atoms with Crippen molar-refractivity contribution in [2.24, 2.45) is 0 Å². The summed E-state index contributed by atoms with van der Waals surface area (Å²) in [5, 5.41) is 31.5. The lowest BCUT2D eigenvalue weighted by Gasteiger charge is -2.19.